The molecule has 1 aliphatic heterocycles. The number of phenols is 2. The number of hydrazone groups is 1. The summed E-state index contributed by atoms with van der Waals surface area (Å²) in [5.74, 6) is -1.75. The number of aromatic hydroxyl groups is 2. The molecule has 3 aromatic rings. The Morgan fingerprint density at radius 3 is 2.08 bits per heavy atom. The summed E-state index contributed by atoms with van der Waals surface area (Å²) in [5.41, 5.74) is 0.979. The molecule has 0 bridgehead atoms. The average Bonchev–Trinajstić information content (AvgIpc) is 2.62. The molecule has 0 radical (unpaired) electrons. The summed E-state index contributed by atoms with van der Waals surface area (Å²) < 4.78 is 0. The van der Waals surface area contributed by atoms with Crippen molar-refractivity contribution in [2.75, 3.05) is 0 Å². The molecule has 25 heavy (non-hydrogen) atoms. The van der Waals surface area contributed by atoms with Crippen LogP contribution in [0.5, 0.6) is 11.5 Å². The number of amides is 2. The molecule has 0 aliphatic carbocycles. The molecule has 0 aromatic heterocycles. The van der Waals surface area contributed by atoms with Crippen LogP contribution in [0.2, 0.25) is 0 Å². The summed E-state index contributed by atoms with van der Waals surface area (Å²) in [6.07, 6.45) is 1.17. The molecule has 0 saturated carbocycles. The molecule has 0 fully saturated rings. The Hall–Kier alpha value is -3.67. The maximum absolute atomic E-state index is 12.7. The van der Waals surface area contributed by atoms with Crippen molar-refractivity contribution in [2.24, 2.45) is 5.10 Å². The lowest BCUT2D eigenvalue weighted by Gasteiger charge is -2.23. The summed E-state index contributed by atoms with van der Waals surface area (Å²) >= 11 is 0. The standard InChI is InChI=1S/C19H12N2O4/c22-15-9-3-6-12(17(15)23)10-20-21-18(24)13-7-1-4-11-5-2-8-14(16(11)13)19(21)25/h1-10,22-23H/b20-10+. The molecule has 4 rings (SSSR count). The third-order valence-electron chi connectivity index (χ3n) is 4.11. The lowest BCUT2D eigenvalue weighted by Crippen LogP contribution is -2.36. The lowest BCUT2D eigenvalue weighted by molar-refractivity contribution is 0.0616. The Morgan fingerprint density at radius 1 is 0.840 bits per heavy atom. The van der Waals surface area contributed by atoms with Gasteiger partial charge in [-0.2, -0.15) is 10.1 Å². The van der Waals surface area contributed by atoms with Crippen molar-refractivity contribution < 1.29 is 19.8 Å². The van der Waals surface area contributed by atoms with Gasteiger partial charge in [-0.25, -0.2) is 0 Å². The highest BCUT2D eigenvalue weighted by Crippen LogP contribution is 2.31. The van der Waals surface area contributed by atoms with Crippen LogP contribution in [0.1, 0.15) is 26.3 Å². The largest absolute Gasteiger partial charge is 0.504 e. The second kappa shape index (κ2) is 5.45. The van der Waals surface area contributed by atoms with Gasteiger partial charge in [-0.1, -0.05) is 30.3 Å². The molecule has 122 valence electrons. The van der Waals surface area contributed by atoms with Gasteiger partial charge in [0.15, 0.2) is 11.5 Å². The normalized spacial score (nSPS) is 13.8. The van der Waals surface area contributed by atoms with Crippen LogP contribution >= 0.6 is 0 Å². The highest BCUT2D eigenvalue weighted by atomic mass is 16.3. The van der Waals surface area contributed by atoms with Gasteiger partial charge < -0.3 is 10.2 Å². The van der Waals surface area contributed by atoms with E-state index in [4.69, 9.17) is 0 Å². The van der Waals surface area contributed by atoms with Crippen molar-refractivity contribution in [1.29, 1.82) is 0 Å². The van der Waals surface area contributed by atoms with E-state index in [9.17, 15) is 19.8 Å². The number of phenolic OH excluding ortho intramolecular Hbond substituents is 2. The molecule has 0 spiro atoms. The number of hydrogen-bond acceptors (Lipinski definition) is 5. The van der Waals surface area contributed by atoms with Crippen LogP contribution < -0.4 is 0 Å². The molecule has 0 unspecified atom stereocenters. The first-order chi connectivity index (χ1) is 12.1. The van der Waals surface area contributed by atoms with Crippen LogP contribution in [-0.2, 0) is 0 Å². The Labute approximate surface area is 142 Å². The first kappa shape index (κ1) is 14.9. The van der Waals surface area contributed by atoms with Crippen molar-refractivity contribution in [3.05, 3.63) is 71.3 Å². The van der Waals surface area contributed by atoms with Gasteiger partial charge in [-0.15, -0.1) is 0 Å². The van der Waals surface area contributed by atoms with Gasteiger partial charge in [0, 0.05) is 10.9 Å². The number of nitrogens with zero attached hydrogens (tertiary/aromatic N) is 2. The van der Waals surface area contributed by atoms with Crippen molar-refractivity contribution in [1.82, 2.24) is 5.01 Å². The number of carbonyl (C=O) groups is 2. The van der Waals surface area contributed by atoms with Crippen LogP contribution in [-0.4, -0.2) is 33.3 Å². The Balaban J connectivity index is 1.80. The molecule has 1 aliphatic rings. The number of para-hydroxylation sites is 1. The number of benzene rings is 3. The number of carbonyl (C=O) groups excluding carboxylic acids is 2. The number of hydrogen-bond donors (Lipinski definition) is 2. The van der Waals surface area contributed by atoms with Crippen molar-refractivity contribution in [2.45, 2.75) is 0 Å². The monoisotopic (exact) mass is 332 g/mol. The summed E-state index contributed by atoms with van der Waals surface area (Å²) in [5, 5.41) is 25.5. The van der Waals surface area contributed by atoms with Gasteiger partial charge in [-0.3, -0.25) is 9.59 Å². The van der Waals surface area contributed by atoms with E-state index in [1.807, 2.05) is 12.1 Å². The van der Waals surface area contributed by atoms with Gasteiger partial charge in [0.25, 0.3) is 11.8 Å². The molecule has 0 atom stereocenters. The zero-order chi connectivity index (χ0) is 17.6. The quantitative estimate of drug-likeness (QED) is 0.429. The van der Waals surface area contributed by atoms with Crippen molar-refractivity contribution in [3.8, 4) is 11.5 Å². The third-order valence-corrected chi connectivity index (χ3v) is 4.11. The topological polar surface area (TPSA) is 90.2 Å². The Kier molecular flexibility index (Phi) is 3.25. The predicted octanol–water partition coefficient (Wildman–Crippen LogP) is 2.88. The highest BCUT2D eigenvalue weighted by Gasteiger charge is 2.32. The molecule has 3 aromatic carbocycles. The fraction of sp³-hybridized carbons (Fsp3) is 0. The van der Waals surface area contributed by atoms with Gasteiger partial charge in [-0.05, 0) is 29.7 Å². The summed E-state index contributed by atoms with van der Waals surface area (Å²) in [7, 11) is 0. The molecule has 0 saturated heterocycles. The van der Waals surface area contributed by atoms with Gasteiger partial charge >= 0.3 is 0 Å². The maximum Gasteiger partial charge on any atom is 0.282 e. The molecule has 1 heterocycles. The van der Waals surface area contributed by atoms with E-state index in [0.29, 0.717) is 16.5 Å². The Morgan fingerprint density at radius 2 is 1.44 bits per heavy atom. The van der Waals surface area contributed by atoms with Crippen LogP contribution in [0.15, 0.2) is 59.7 Å². The molecule has 6 heteroatoms. The third kappa shape index (κ3) is 2.23. The minimum Gasteiger partial charge on any atom is -0.504 e. The SMILES string of the molecule is O=C1c2cccc3cccc(c23)C(=O)N1/N=C/c1cccc(O)c1O. The van der Waals surface area contributed by atoms with Gasteiger partial charge in [0.1, 0.15) is 0 Å². The van der Waals surface area contributed by atoms with E-state index in [1.165, 1.54) is 24.4 Å². The van der Waals surface area contributed by atoms with Crippen molar-refractivity contribution >= 4 is 28.8 Å². The van der Waals surface area contributed by atoms with Crippen molar-refractivity contribution in [3.63, 3.8) is 0 Å². The predicted molar refractivity (Wildman–Crippen MR) is 91.8 cm³/mol. The van der Waals surface area contributed by atoms with E-state index >= 15 is 0 Å². The lowest BCUT2D eigenvalue weighted by atomic mass is 9.95. The zero-order valence-corrected chi connectivity index (χ0v) is 12.9. The van der Waals surface area contributed by atoms with Crippen LogP contribution in [0.3, 0.4) is 0 Å². The molecular weight excluding hydrogens is 320 g/mol. The van der Waals surface area contributed by atoms with E-state index in [0.717, 1.165) is 10.4 Å². The maximum atomic E-state index is 12.7. The van der Waals surface area contributed by atoms with E-state index in [-0.39, 0.29) is 17.1 Å². The van der Waals surface area contributed by atoms with E-state index < -0.39 is 11.8 Å². The van der Waals surface area contributed by atoms with Crippen LogP contribution in [0.25, 0.3) is 10.8 Å². The van der Waals surface area contributed by atoms with Gasteiger partial charge in [0.05, 0.1) is 17.3 Å². The van der Waals surface area contributed by atoms with Gasteiger partial charge in [0.2, 0.25) is 0 Å². The fourth-order valence-corrected chi connectivity index (χ4v) is 2.90. The van der Waals surface area contributed by atoms with E-state index in [2.05, 4.69) is 5.10 Å². The Bertz CT molecular complexity index is 1020. The second-order valence-electron chi connectivity index (χ2n) is 5.59. The first-order valence-corrected chi connectivity index (χ1v) is 7.53. The molecular formula is C19H12N2O4. The minimum absolute atomic E-state index is 0.192. The molecule has 2 amide bonds. The number of imide groups is 1. The minimum atomic E-state index is -0.537. The zero-order valence-electron chi connectivity index (χ0n) is 12.9. The fourth-order valence-electron chi connectivity index (χ4n) is 2.90. The van der Waals surface area contributed by atoms with Crippen LogP contribution in [0.4, 0.5) is 0 Å². The summed E-state index contributed by atoms with van der Waals surface area (Å²) in [6, 6.07) is 14.8. The van der Waals surface area contributed by atoms with Crippen LogP contribution in [0, 0.1) is 0 Å². The first-order valence-electron chi connectivity index (χ1n) is 7.53. The average molecular weight is 332 g/mol. The summed E-state index contributed by atoms with van der Waals surface area (Å²) in [6.45, 7) is 0. The highest BCUT2D eigenvalue weighted by molar-refractivity contribution is 6.25. The smallest absolute Gasteiger partial charge is 0.282 e. The summed E-state index contributed by atoms with van der Waals surface area (Å²) in [4.78, 5) is 25.3. The second-order valence-corrected chi connectivity index (χ2v) is 5.59. The van der Waals surface area contributed by atoms with E-state index in [1.54, 1.807) is 24.3 Å². The molecule has 6 nitrogen and oxygen atoms in total. The molecule has 2 N–H and O–H groups in total. The number of rotatable bonds is 2.